The van der Waals surface area contributed by atoms with Crippen LogP contribution in [0.3, 0.4) is 0 Å². The van der Waals surface area contributed by atoms with Gasteiger partial charge in [0.25, 0.3) is 5.91 Å². The molecule has 0 bridgehead atoms. The first-order valence-corrected chi connectivity index (χ1v) is 6.50. The Kier molecular flexibility index (Phi) is 4.33. The number of nitrogens with zero attached hydrogens (tertiary/aromatic N) is 1. The van der Waals surface area contributed by atoms with Crippen molar-refractivity contribution in [3.63, 3.8) is 0 Å². The maximum atomic E-state index is 12.3. The molecule has 1 saturated heterocycles. The largest absolute Gasteiger partial charge is 0.337 e. The molecule has 1 atom stereocenters. The fourth-order valence-corrected chi connectivity index (χ4v) is 2.36. The second-order valence-electron chi connectivity index (χ2n) is 4.78. The van der Waals surface area contributed by atoms with Crippen LogP contribution in [0.25, 0.3) is 0 Å². The molecule has 0 radical (unpaired) electrons. The number of hydrogen-bond donors (Lipinski definition) is 2. The predicted molar refractivity (Wildman–Crippen MR) is 72.3 cm³/mol. The molecule has 1 aliphatic rings. The zero-order chi connectivity index (χ0) is 13.0. The van der Waals surface area contributed by atoms with E-state index in [1.54, 1.807) is 0 Å². The summed E-state index contributed by atoms with van der Waals surface area (Å²) in [6, 6.07) is 8.01. The van der Waals surface area contributed by atoms with Crippen LogP contribution in [0, 0.1) is 0 Å². The molecule has 0 spiro atoms. The molecule has 4 heteroatoms. The lowest BCUT2D eigenvalue weighted by molar-refractivity contribution is 0.0698. The summed E-state index contributed by atoms with van der Waals surface area (Å²) in [7, 11) is 1.95. The minimum absolute atomic E-state index is 0.124. The van der Waals surface area contributed by atoms with Crippen LogP contribution in [0.5, 0.6) is 0 Å². The number of nitrogens with one attached hydrogen (secondary N) is 1. The number of likely N-dealkylation sites (N-methyl/N-ethyl adjacent to an activating group) is 1. The monoisotopic (exact) mass is 247 g/mol. The highest BCUT2D eigenvalue weighted by Crippen LogP contribution is 2.14. The van der Waals surface area contributed by atoms with Crippen LogP contribution in [0.1, 0.15) is 28.8 Å². The Hall–Kier alpha value is -1.39. The van der Waals surface area contributed by atoms with Gasteiger partial charge >= 0.3 is 0 Å². The number of likely N-dealkylation sites (tertiary alicyclic amines) is 1. The molecule has 0 unspecified atom stereocenters. The summed E-state index contributed by atoms with van der Waals surface area (Å²) in [6.07, 6.45) is 2.21. The fraction of sp³-hybridized carbons (Fsp3) is 0.500. The number of hydrogen-bond acceptors (Lipinski definition) is 3. The fourth-order valence-electron chi connectivity index (χ4n) is 2.36. The normalized spacial score (nSPS) is 19.9. The van der Waals surface area contributed by atoms with Gasteiger partial charge in [0, 0.05) is 31.2 Å². The number of nitrogens with two attached hydrogens (primary N) is 1. The van der Waals surface area contributed by atoms with Gasteiger partial charge < -0.3 is 16.0 Å². The molecule has 2 rings (SSSR count). The molecule has 0 aromatic heterocycles. The highest BCUT2D eigenvalue weighted by atomic mass is 16.2. The van der Waals surface area contributed by atoms with E-state index in [4.69, 9.17) is 5.73 Å². The van der Waals surface area contributed by atoms with Gasteiger partial charge in [-0.3, -0.25) is 4.79 Å². The Bertz CT molecular complexity index is 402. The van der Waals surface area contributed by atoms with E-state index in [0.29, 0.717) is 12.6 Å². The van der Waals surface area contributed by atoms with Gasteiger partial charge in [-0.25, -0.2) is 0 Å². The van der Waals surface area contributed by atoms with E-state index in [0.717, 1.165) is 37.1 Å². The Morgan fingerprint density at radius 3 is 2.78 bits per heavy atom. The first kappa shape index (κ1) is 13.1. The number of carbonyl (C=O) groups excluding carboxylic acids is 1. The van der Waals surface area contributed by atoms with Crippen molar-refractivity contribution < 1.29 is 4.79 Å². The van der Waals surface area contributed by atoms with Crippen LogP contribution in [-0.2, 0) is 6.54 Å². The second kappa shape index (κ2) is 5.98. The molecule has 4 nitrogen and oxygen atoms in total. The van der Waals surface area contributed by atoms with Crippen LogP contribution in [0.4, 0.5) is 0 Å². The Balaban J connectivity index is 2.05. The molecule has 98 valence electrons. The van der Waals surface area contributed by atoms with Gasteiger partial charge in [0.2, 0.25) is 0 Å². The molecule has 0 aliphatic carbocycles. The van der Waals surface area contributed by atoms with Crippen molar-refractivity contribution in [1.82, 2.24) is 10.2 Å². The smallest absolute Gasteiger partial charge is 0.253 e. The third kappa shape index (κ3) is 2.89. The molecule has 1 aromatic rings. The van der Waals surface area contributed by atoms with E-state index in [1.165, 1.54) is 0 Å². The average molecular weight is 247 g/mol. The van der Waals surface area contributed by atoms with Crippen LogP contribution in [0.15, 0.2) is 24.3 Å². The summed E-state index contributed by atoms with van der Waals surface area (Å²) < 4.78 is 0. The molecular weight excluding hydrogens is 226 g/mol. The lowest BCUT2D eigenvalue weighted by Gasteiger charge is -2.32. The van der Waals surface area contributed by atoms with E-state index >= 15 is 0 Å². The van der Waals surface area contributed by atoms with Crippen molar-refractivity contribution in [2.45, 2.75) is 25.4 Å². The van der Waals surface area contributed by atoms with Gasteiger partial charge in [-0.2, -0.15) is 0 Å². The molecule has 1 aromatic carbocycles. The SMILES string of the molecule is CN[C@@H]1CCCN(C(=O)c2ccc(CN)cc2)C1. The topological polar surface area (TPSA) is 58.4 Å². The minimum atomic E-state index is 0.124. The summed E-state index contributed by atoms with van der Waals surface area (Å²) >= 11 is 0. The van der Waals surface area contributed by atoms with Crippen molar-refractivity contribution in [3.8, 4) is 0 Å². The standard InChI is InChI=1S/C14H21N3O/c1-16-13-3-2-8-17(10-13)14(18)12-6-4-11(9-15)5-7-12/h4-7,13,16H,2-3,8-10,15H2,1H3/t13-/m1/s1. The number of amides is 1. The number of carbonyl (C=O) groups is 1. The zero-order valence-electron chi connectivity index (χ0n) is 10.9. The minimum Gasteiger partial charge on any atom is -0.337 e. The lowest BCUT2D eigenvalue weighted by Crippen LogP contribution is -2.46. The van der Waals surface area contributed by atoms with Crippen LogP contribution >= 0.6 is 0 Å². The van der Waals surface area contributed by atoms with Gasteiger partial charge in [-0.1, -0.05) is 12.1 Å². The Morgan fingerprint density at radius 1 is 1.44 bits per heavy atom. The molecular formula is C14H21N3O. The molecule has 18 heavy (non-hydrogen) atoms. The van der Waals surface area contributed by atoms with E-state index < -0.39 is 0 Å². The first-order chi connectivity index (χ1) is 8.74. The van der Waals surface area contributed by atoms with Gasteiger partial charge in [-0.15, -0.1) is 0 Å². The maximum Gasteiger partial charge on any atom is 0.253 e. The average Bonchev–Trinajstić information content (AvgIpc) is 2.46. The predicted octanol–water partition coefficient (Wildman–Crippen LogP) is 0.969. The summed E-state index contributed by atoms with van der Waals surface area (Å²) in [5.41, 5.74) is 7.36. The number of rotatable bonds is 3. The first-order valence-electron chi connectivity index (χ1n) is 6.50. The molecule has 0 saturated carbocycles. The quantitative estimate of drug-likeness (QED) is 0.836. The maximum absolute atomic E-state index is 12.3. The molecule has 1 aliphatic heterocycles. The summed E-state index contributed by atoms with van der Waals surface area (Å²) in [4.78, 5) is 14.3. The van der Waals surface area contributed by atoms with E-state index in [2.05, 4.69) is 5.32 Å². The van der Waals surface area contributed by atoms with E-state index in [-0.39, 0.29) is 5.91 Å². The highest BCUT2D eigenvalue weighted by Gasteiger charge is 2.23. The Morgan fingerprint density at radius 2 is 2.17 bits per heavy atom. The van der Waals surface area contributed by atoms with Crippen LogP contribution in [0.2, 0.25) is 0 Å². The molecule has 1 amide bonds. The lowest BCUT2D eigenvalue weighted by atomic mass is 10.0. The number of piperidine rings is 1. The molecule has 1 heterocycles. The van der Waals surface area contributed by atoms with E-state index in [1.807, 2.05) is 36.2 Å². The van der Waals surface area contributed by atoms with E-state index in [9.17, 15) is 4.79 Å². The van der Waals surface area contributed by atoms with Gasteiger partial charge in [0.15, 0.2) is 0 Å². The van der Waals surface area contributed by atoms with Gasteiger partial charge in [-0.05, 0) is 37.6 Å². The van der Waals surface area contributed by atoms with Crippen molar-refractivity contribution in [3.05, 3.63) is 35.4 Å². The third-order valence-electron chi connectivity index (χ3n) is 3.55. The van der Waals surface area contributed by atoms with Crippen LogP contribution in [-0.4, -0.2) is 37.0 Å². The highest BCUT2D eigenvalue weighted by molar-refractivity contribution is 5.94. The summed E-state index contributed by atoms with van der Waals surface area (Å²) in [5.74, 6) is 0.124. The zero-order valence-corrected chi connectivity index (χ0v) is 10.9. The van der Waals surface area contributed by atoms with Gasteiger partial charge in [0.1, 0.15) is 0 Å². The number of benzene rings is 1. The van der Waals surface area contributed by atoms with Crippen LogP contribution < -0.4 is 11.1 Å². The van der Waals surface area contributed by atoms with Crippen molar-refractivity contribution >= 4 is 5.91 Å². The Labute approximate surface area is 108 Å². The van der Waals surface area contributed by atoms with Crippen molar-refractivity contribution in [1.29, 1.82) is 0 Å². The molecule has 1 fully saturated rings. The van der Waals surface area contributed by atoms with Gasteiger partial charge in [0.05, 0.1) is 0 Å². The second-order valence-corrected chi connectivity index (χ2v) is 4.78. The molecule has 3 N–H and O–H groups in total. The summed E-state index contributed by atoms with van der Waals surface area (Å²) in [6.45, 7) is 2.17. The van der Waals surface area contributed by atoms with Crippen molar-refractivity contribution in [2.24, 2.45) is 5.73 Å². The summed E-state index contributed by atoms with van der Waals surface area (Å²) in [5, 5.41) is 3.25. The third-order valence-corrected chi connectivity index (χ3v) is 3.55. The van der Waals surface area contributed by atoms with Crippen molar-refractivity contribution in [2.75, 3.05) is 20.1 Å².